The molecule has 0 radical (unpaired) electrons. The molecule has 0 aliphatic heterocycles. The standard InChI is InChI=1S/C22H20ClN3O3/c1-25(15-21(27)24-20-13-12-18(26(28)29)14-19(20)23)22(16-8-4-2-5-9-16)17-10-6-3-7-11-17/h2-14,22H,15H2,1H3,(H,24,27). The van der Waals surface area contributed by atoms with Gasteiger partial charge in [0.15, 0.2) is 0 Å². The number of non-ortho nitro benzene ring substituents is 1. The van der Waals surface area contributed by atoms with E-state index in [-0.39, 0.29) is 29.2 Å². The SMILES string of the molecule is CN(CC(=O)Nc1ccc([N+](=O)[O-])cc1Cl)C(c1ccccc1)c1ccccc1. The number of likely N-dealkylation sites (N-methyl/N-ethyl adjacent to an activating group) is 1. The van der Waals surface area contributed by atoms with Crippen molar-refractivity contribution < 1.29 is 9.72 Å². The summed E-state index contributed by atoms with van der Waals surface area (Å²) in [6, 6.07) is 23.7. The van der Waals surface area contributed by atoms with Gasteiger partial charge in [0, 0.05) is 12.1 Å². The Morgan fingerprint density at radius 3 is 2.07 bits per heavy atom. The molecule has 0 aliphatic carbocycles. The number of amides is 1. The van der Waals surface area contributed by atoms with E-state index in [9.17, 15) is 14.9 Å². The van der Waals surface area contributed by atoms with Crippen molar-refractivity contribution in [3.63, 3.8) is 0 Å². The number of hydrogen-bond donors (Lipinski definition) is 1. The van der Waals surface area contributed by atoms with Crippen LogP contribution in [0.2, 0.25) is 5.02 Å². The zero-order valence-corrected chi connectivity index (χ0v) is 16.5. The highest BCUT2D eigenvalue weighted by atomic mass is 35.5. The van der Waals surface area contributed by atoms with Gasteiger partial charge in [0.1, 0.15) is 0 Å². The third kappa shape index (κ3) is 5.19. The lowest BCUT2D eigenvalue weighted by atomic mass is 9.97. The minimum Gasteiger partial charge on any atom is -0.324 e. The smallest absolute Gasteiger partial charge is 0.271 e. The van der Waals surface area contributed by atoms with Crippen molar-refractivity contribution in [3.8, 4) is 0 Å². The van der Waals surface area contributed by atoms with Crippen molar-refractivity contribution in [3.05, 3.63) is 105 Å². The number of carbonyl (C=O) groups excluding carboxylic acids is 1. The van der Waals surface area contributed by atoms with Gasteiger partial charge in [-0.1, -0.05) is 72.3 Å². The summed E-state index contributed by atoms with van der Waals surface area (Å²) in [7, 11) is 1.88. The summed E-state index contributed by atoms with van der Waals surface area (Å²) in [6.45, 7) is 0.113. The first-order valence-electron chi connectivity index (χ1n) is 8.99. The molecule has 0 atom stereocenters. The van der Waals surface area contributed by atoms with E-state index in [1.807, 2.05) is 72.6 Å². The summed E-state index contributed by atoms with van der Waals surface area (Å²) < 4.78 is 0. The first-order chi connectivity index (χ1) is 14.0. The lowest BCUT2D eigenvalue weighted by Gasteiger charge is -2.28. The van der Waals surface area contributed by atoms with E-state index in [1.54, 1.807) is 0 Å². The van der Waals surface area contributed by atoms with Crippen LogP contribution >= 0.6 is 11.6 Å². The van der Waals surface area contributed by atoms with Crippen molar-refractivity contribution in [2.75, 3.05) is 18.9 Å². The first kappa shape index (κ1) is 20.5. The van der Waals surface area contributed by atoms with Crippen LogP contribution in [-0.2, 0) is 4.79 Å². The third-order valence-corrected chi connectivity index (χ3v) is 4.81. The number of carbonyl (C=O) groups is 1. The maximum atomic E-state index is 12.6. The van der Waals surface area contributed by atoms with E-state index in [1.165, 1.54) is 18.2 Å². The summed E-state index contributed by atoms with van der Waals surface area (Å²) in [5, 5.41) is 13.7. The molecule has 0 saturated heterocycles. The van der Waals surface area contributed by atoms with Gasteiger partial charge in [0.2, 0.25) is 5.91 Å². The van der Waals surface area contributed by atoms with Crippen molar-refractivity contribution in [1.82, 2.24) is 4.90 Å². The number of hydrogen-bond acceptors (Lipinski definition) is 4. The van der Waals surface area contributed by atoms with E-state index in [2.05, 4.69) is 5.32 Å². The molecular weight excluding hydrogens is 390 g/mol. The lowest BCUT2D eigenvalue weighted by molar-refractivity contribution is -0.384. The lowest BCUT2D eigenvalue weighted by Crippen LogP contribution is -2.34. The van der Waals surface area contributed by atoms with Crippen LogP contribution in [0.1, 0.15) is 17.2 Å². The van der Waals surface area contributed by atoms with E-state index < -0.39 is 4.92 Å². The van der Waals surface area contributed by atoms with Gasteiger partial charge in [0.05, 0.1) is 28.2 Å². The minimum atomic E-state index is -0.532. The Morgan fingerprint density at radius 2 is 1.59 bits per heavy atom. The van der Waals surface area contributed by atoms with Gasteiger partial charge < -0.3 is 5.32 Å². The quantitative estimate of drug-likeness (QED) is 0.444. The molecule has 0 spiro atoms. The first-order valence-corrected chi connectivity index (χ1v) is 9.37. The van der Waals surface area contributed by atoms with Gasteiger partial charge in [0.25, 0.3) is 5.69 Å². The average Bonchev–Trinajstić information content (AvgIpc) is 2.71. The fourth-order valence-electron chi connectivity index (χ4n) is 3.20. The molecule has 0 aliphatic rings. The van der Waals surface area contributed by atoms with E-state index in [0.29, 0.717) is 5.69 Å². The summed E-state index contributed by atoms with van der Waals surface area (Å²) in [4.78, 5) is 24.9. The number of nitrogens with zero attached hydrogens (tertiary/aromatic N) is 2. The van der Waals surface area contributed by atoms with Crippen LogP contribution in [0.5, 0.6) is 0 Å². The van der Waals surface area contributed by atoms with Gasteiger partial charge in [-0.2, -0.15) is 0 Å². The number of benzene rings is 3. The highest BCUT2D eigenvalue weighted by Crippen LogP contribution is 2.29. The third-order valence-electron chi connectivity index (χ3n) is 4.50. The number of rotatable bonds is 7. The Labute approximate surface area is 173 Å². The zero-order valence-electron chi connectivity index (χ0n) is 15.8. The van der Waals surface area contributed by atoms with Gasteiger partial charge in [-0.3, -0.25) is 19.8 Å². The zero-order chi connectivity index (χ0) is 20.8. The van der Waals surface area contributed by atoms with Crippen LogP contribution in [0.4, 0.5) is 11.4 Å². The monoisotopic (exact) mass is 409 g/mol. The molecule has 3 aromatic carbocycles. The Kier molecular flexibility index (Phi) is 6.59. The second-order valence-electron chi connectivity index (χ2n) is 6.61. The summed E-state index contributed by atoms with van der Waals surface area (Å²) in [5.41, 5.74) is 2.36. The molecule has 148 valence electrons. The molecule has 0 fully saturated rings. The molecule has 0 saturated carbocycles. The molecule has 3 aromatic rings. The van der Waals surface area contributed by atoms with Crippen LogP contribution in [0.25, 0.3) is 0 Å². The highest BCUT2D eigenvalue weighted by Gasteiger charge is 2.21. The molecule has 7 heteroatoms. The van der Waals surface area contributed by atoms with Crippen molar-refractivity contribution in [2.45, 2.75) is 6.04 Å². The molecule has 0 aromatic heterocycles. The van der Waals surface area contributed by atoms with Gasteiger partial charge >= 0.3 is 0 Å². The molecule has 29 heavy (non-hydrogen) atoms. The number of nitrogens with one attached hydrogen (secondary N) is 1. The Bertz CT molecular complexity index is 957. The van der Waals surface area contributed by atoms with Crippen LogP contribution in [0.15, 0.2) is 78.9 Å². The van der Waals surface area contributed by atoms with Crippen LogP contribution in [0.3, 0.4) is 0 Å². The molecule has 0 bridgehead atoms. The predicted octanol–water partition coefficient (Wildman–Crippen LogP) is 4.91. The predicted molar refractivity (Wildman–Crippen MR) is 114 cm³/mol. The number of nitro groups is 1. The van der Waals surface area contributed by atoms with Gasteiger partial charge in [-0.05, 0) is 24.2 Å². The van der Waals surface area contributed by atoms with E-state index >= 15 is 0 Å². The second kappa shape index (κ2) is 9.32. The van der Waals surface area contributed by atoms with Crippen LogP contribution in [0, 0.1) is 10.1 Å². The summed E-state index contributed by atoms with van der Waals surface area (Å²) in [6.07, 6.45) is 0. The van der Waals surface area contributed by atoms with Crippen LogP contribution < -0.4 is 5.32 Å². The summed E-state index contributed by atoms with van der Waals surface area (Å²) >= 11 is 6.08. The largest absolute Gasteiger partial charge is 0.324 e. The average molecular weight is 410 g/mol. The van der Waals surface area contributed by atoms with Gasteiger partial charge in [-0.25, -0.2) is 0 Å². The molecule has 1 N–H and O–H groups in total. The highest BCUT2D eigenvalue weighted by molar-refractivity contribution is 6.34. The minimum absolute atomic E-state index is 0.101. The molecule has 3 rings (SSSR count). The molecule has 6 nitrogen and oxygen atoms in total. The van der Waals surface area contributed by atoms with Gasteiger partial charge in [-0.15, -0.1) is 0 Å². The van der Waals surface area contributed by atoms with Crippen LogP contribution in [-0.4, -0.2) is 29.3 Å². The maximum Gasteiger partial charge on any atom is 0.271 e. The maximum absolute atomic E-state index is 12.6. The molecule has 0 unspecified atom stereocenters. The second-order valence-corrected chi connectivity index (χ2v) is 7.02. The fourth-order valence-corrected chi connectivity index (χ4v) is 3.42. The Balaban J connectivity index is 1.77. The Morgan fingerprint density at radius 1 is 1.03 bits per heavy atom. The van der Waals surface area contributed by atoms with Crippen molar-refractivity contribution in [2.24, 2.45) is 0 Å². The molecule has 1 amide bonds. The van der Waals surface area contributed by atoms with E-state index in [4.69, 9.17) is 11.6 Å². The molecule has 0 heterocycles. The number of nitro benzene ring substituents is 1. The summed E-state index contributed by atoms with van der Waals surface area (Å²) in [5.74, 6) is -0.264. The van der Waals surface area contributed by atoms with Crippen molar-refractivity contribution >= 4 is 28.9 Å². The Hall–Kier alpha value is -3.22. The molecular formula is C22H20ClN3O3. The van der Waals surface area contributed by atoms with Crippen molar-refractivity contribution in [1.29, 1.82) is 0 Å². The fraction of sp³-hybridized carbons (Fsp3) is 0.136. The topological polar surface area (TPSA) is 75.5 Å². The number of anilines is 1. The van der Waals surface area contributed by atoms with E-state index in [0.717, 1.165) is 11.1 Å². The number of halogens is 1. The normalized spacial score (nSPS) is 10.9.